The van der Waals surface area contributed by atoms with E-state index in [0.29, 0.717) is 37.6 Å². The third kappa shape index (κ3) is 4.12. The third-order valence-electron chi connectivity index (χ3n) is 2.52. The number of rotatable bonds is 7. The minimum Gasteiger partial charge on any atom is -0.396 e. The third-order valence-corrected chi connectivity index (χ3v) is 2.52. The number of nitrogens with zero attached hydrogens (tertiary/aromatic N) is 3. The van der Waals surface area contributed by atoms with Gasteiger partial charge in [-0.25, -0.2) is 4.98 Å². The molecule has 1 amide bonds. The fraction of sp³-hybridized carbons (Fsp3) is 0.417. The second kappa shape index (κ2) is 7.18. The summed E-state index contributed by atoms with van der Waals surface area (Å²) in [4.78, 5) is 17.1. The summed E-state index contributed by atoms with van der Waals surface area (Å²) in [5.41, 5.74) is 11.6. The average molecular weight is 263 g/mol. The molecule has 0 aliphatic heterocycles. The van der Waals surface area contributed by atoms with Crippen molar-refractivity contribution in [2.45, 2.75) is 6.42 Å². The van der Waals surface area contributed by atoms with Crippen molar-refractivity contribution in [3.63, 3.8) is 0 Å². The highest BCUT2D eigenvalue weighted by atomic mass is 16.5. The van der Waals surface area contributed by atoms with E-state index >= 15 is 0 Å². The van der Waals surface area contributed by atoms with E-state index < -0.39 is 5.91 Å². The Morgan fingerprint density at radius 3 is 2.84 bits per heavy atom. The lowest BCUT2D eigenvalue weighted by atomic mass is 10.2. The van der Waals surface area contributed by atoms with Gasteiger partial charge in [-0.05, 0) is 12.1 Å². The Hall–Kier alpha value is -2.33. The second-order valence-corrected chi connectivity index (χ2v) is 3.86. The van der Waals surface area contributed by atoms with Gasteiger partial charge in [0.2, 0.25) is 0 Å². The minimum absolute atomic E-state index is 0.142. The molecule has 1 rings (SSSR count). The first kappa shape index (κ1) is 14.7. The monoisotopic (exact) mass is 263 g/mol. The highest BCUT2D eigenvalue weighted by Crippen LogP contribution is 2.20. The smallest absolute Gasteiger partial charge is 0.267 e. The maximum atomic E-state index is 11.1. The van der Waals surface area contributed by atoms with Gasteiger partial charge in [-0.1, -0.05) is 0 Å². The highest BCUT2D eigenvalue weighted by Gasteiger charge is 2.14. The zero-order chi connectivity index (χ0) is 14.3. The highest BCUT2D eigenvalue weighted by molar-refractivity contribution is 5.91. The van der Waals surface area contributed by atoms with Crippen molar-refractivity contribution in [1.29, 1.82) is 5.26 Å². The van der Waals surface area contributed by atoms with Crippen LogP contribution >= 0.6 is 0 Å². The summed E-state index contributed by atoms with van der Waals surface area (Å²) in [5.74, 6) is -0.170. The van der Waals surface area contributed by atoms with E-state index in [0.717, 1.165) is 0 Å². The summed E-state index contributed by atoms with van der Waals surface area (Å²) in [5, 5.41) is 8.67. The van der Waals surface area contributed by atoms with Gasteiger partial charge >= 0.3 is 0 Å². The number of methoxy groups -OCH3 is 1. The van der Waals surface area contributed by atoms with Gasteiger partial charge in [-0.15, -0.1) is 0 Å². The molecule has 1 aromatic rings. The molecule has 0 spiro atoms. The summed E-state index contributed by atoms with van der Waals surface area (Å²) >= 11 is 0. The quantitative estimate of drug-likeness (QED) is 0.721. The number of pyridine rings is 1. The standard InChI is InChI=1S/C12H17N5O2/c1-19-8-7-17(6-2-5-13)12-9(14)3-4-10(16-12)11(15)18/h3-4H,2,6-8,14H2,1H3,(H2,15,18). The van der Waals surface area contributed by atoms with Crippen LogP contribution in [0.5, 0.6) is 0 Å². The zero-order valence-corrected chi connectivity index (χ0v) is 10.8. The molecule has 7 heteroatoms. The van der Waals surface area contributed by atoms with Crippen LogP contribution in [0, 0.1) is 11.3 Å². The van der Waals surface area contributed by atoms with Crippen LogP contribution in [0.15, 0.2) is 12.1 Å². The number of anilines is 2. The van der Waals surface area contributed by atoms with Gasteiger partial charge in [-0.2, -0.15) is 5.26 Å². The van der Waals surface area contributed by atoms with E-state index in [4.69, 9.17) is 21.5 Å². The Bertz CT molecular complexity index is 483. The van der Waals surface area contributed by atoms with Crippen LogP contribution in [0.25, 0.3) is 0 Å². The van der Waals surface area contributed by atoms with Gasteiger partial charge in [0.05, 0.1) is 24.8 Å². The van der Waals surface area contributed by atoms with Crippen molar-refractivity contribution in [3.05, 3.63) is 17.8 Å². The van der Waals surface area contributed by atoms with Crippen LogP contribution in [0.1, 0.15) is 16.9 Å². The molecule has 102 valence electrons. The lowest BCUT2D eigenvalue weighted by molar-refractivity contribution is 0.0995. The van der Waals surface area contributed by atoms with Crippen molar-refractivity contribution in [2.24, 2.45) is 5.73 Å². The number of carbonyl (C=O) groups is 1. The molecular formula is C12H17N5O2. The number of primary amides is 1. The molecule has 1 aromatic heterocycles. The number of aromatic nitrogens is 1. The van der Waals surface area contributed by atoms with Crippen LogP contribution in [0.3, 0.4) is 0 Å². The van der Waals surface area contributed by atoms with Crippen molar-refractivity contribution in [1.82, 2.24) is 4.98 Å². The zero-order valence-electron chi connectivity index (χ0n) is 10.8. The van der Waals surface area contributed by atoms with Crippen molar-refractivity contribution in [2.75, 3.05) is 37.4 Å². The maximum absolute atomic E-state index is 11.1. The average Bonchev–Trinajstić information content (AvgIpc) is 2.40. The fourth-order valence-corrected chi connectivity index (χ4v) is 1.56. The fourth-order valence-electron chi connectivity index (χ4n) is 1.56. The molecule has 0 saturated heterocycles. The summed E-state index contributed by atoms with van der Waals surface area (Å²) in [7, 11) is 1.58. The number of nitriles is 1. The van der Waals surface area contributed by atoms with E-state index in [-0.39, 0.29) is 5.69 Å². The van der Waals surface area contributed by atoms with Crippen LogP contribution < -0.4 is 16.4 Å². The number of hydrogen-bond acceptors (Lipinski definition) is 6. The SMILES string of the molecule is COCCN(CCC#N)c1nc(C(N)=O)ccc1N. The normalized spacial score (nSPS) is 9.89. The number of amides is 1. The maximum Gasteiger partial charge on any atom is 0.267 e. The summed E-state index contributed by atoms with van der Waals surface area (Å²) in [6, 6.07) is 5.11. The van der Waals surface area contributed by atoms with E-state index in [2.05, 4.69) is 11.1 Å². The second-order valence-electron chi connectivity index (χ2n) is 3.86. The molecule has 0 fully saturated rings. The van der Waals surface area contributed by atoms with E-state index in [1.54, 1.807) is 18.1 Å². The van der Waals surface area contributed by atoms with E-state index in [9.17, 15) is 4.79 Å². The molecule has 0 aliphatic carbocycles. The first-order valence-corrected chi connectivity index (χ1v) is 5.77. The molecule has 7 nitrogen and oxygen atoms in total. The number of hydrogen-bond donors (Lipinski definition) is 2. The van der Waals surface area contributed by atoms with Gasteiger partial charge in [0.15, 0.2) is 5.82 Å². The van der Waals surface area contributed by atoms with Gasteiger partial charge in [-0.3, -0.25) is 4.79 Å². The Balaban J connectivity index is 3.01. The molecule has 19 heavy (non-hydrogen) atoms. The molecular weight excluding hydrogens is 246 g/mol. The summed E-state index contributed by atoms with van der Waals surface area (Å²) in [6.07, 6.45) is 0.325. The Labute approximate surface area is 111 Å². The summed E-state index contributed by atoms with van der Waals surface area (Å²) in [6.45, 7) is 1.45. The van der Waals surface area contributed by atoms with Gasteiger partial charge in [0.1, 0.15) is 5.69 Å². The molecule has 4 N–H and O–H groups in total. The Morgan fingerprint density at radius 2 is 2.26 bits per heavy atom. The minimum atomic E-state index is -0.617. The van der Waals surface area contributed by atoms with Crippen molar-refractivity contribution in [3.8, 4) is 6.07 Å². The van der Waals surface area contributed by atoms with Crippen molar-refractivity contribution < 1.29 is 9.53 Å². The van der Waals surface area contributed by atoms with Crippen LogP contribution in [-0.4, -0.2) is 37.7 Å². The van der Waals surface area contributed by atoms with Crippen molar-refractivity contribution >= 4 is 17.4 Å². The predicted octanol–water partition coefficient (Wildman–Crippen LogP) is 0.129. The Morgan fingerprint density at radius 1 is 1.53 bits per heavy atom. The van der Waals surface area contributed by atoms with Gasteiger partial charge in [0.25, 0.3) is 5.91 Å². The summed E-state index contributed by atoms with van der Waals surface area (Å²) < 4.78 is 5.01. The first-order chi connectivity index (χ1) is 9.10. The van der Waals surface area contributed by atoms with Gasteiger partial charge < -0.3 is 21.1 Å². The topological polar surface area (TPSA) is 118 Å². The Kier molecular flexibility index (Phi) is 5.57. The molecule has 1 heterocycles. The number of nitrogen functional groups attached to an aromatic ring is 1. The predicted molar refractivity (Wildman–Crippen MR) is 71.5 cm³/mol. The van der Waals surface area contributed by atoms with E-state index in [1.165, 1.54) is 6.07 Å². The largest absolute Gasteiger partial charge is 0.396 e. The molecule has 0 radical (unpaired) electrons. The number of ether oxygens (including phenoxy) is 1. The molecule has 0 bridgehead atoms. The molecule has 0 aromatic carbocycles. The van der Waals surface area contributed by atoms with Crippen LogP contribution in [-0.2, 0) is 4.74 Å². The molecule has 0 atom stereocenters. The number of nitrogens with two attached hydrogens (primary N) is 2. The first-order valence-electron chi connectivity index (χ1n) is 5.77. The van der Waals surface area contributed by atoms with Crippen LogP contribution in [0.2, 0.25) is 0 Å². The number of carbonyl (C=O) groups excluding carboxylic acids is 1. The van der Waals surface area contributed by atoms with Gasteiger partial charge in [0, 0.05) is 20.2 Å². The molecule has 0 unspecified atom stereocenters. The van der Waals surface area contributed by atoms with Crippen LogP contribution in [0.4, 0.5) is 11.5 Å². The lowest BCUT2D eigenvalue weighted by Gasteiger charge is -2.23. The lowest BCUT2D eigenvalue weighted by Crippen LogP contribution is -2.30. The molecule has 0 saturated carbocycles. The molecule has 0 aliphatic rings. The van der Waals surface area contributed by atoms with E-state index in [1.807, 2.05) is 0 Å².